The molecule has 2 heterocycles. The number of ketones is 1. The molecule has 0 aliphatic carbocycles. The molecule has 0 N–H and O–H groups in total. The molecule has 3 rings (SSSR count). The molecule has 0 unspecified atom stereocenters. The Labute approximate surface area is 134 Å². The van der Waals surface area contributed by atoms with E-state index in [-0.39, 0.29) is 12.4 Å². The molecule has 0 spiro atoms. The summed E-state index contributed by atoms with van der Waals surface area (Å²) < 4.78 is 11.2. The Bertz CT molecular complexity index is 910. The van der Waals surface area contributed by atoms with Crippen LogP contribution in [-0.4, -0.2) is 12.4 Å². The monoisotopic (exact) mass is 334 g/mol. The molecule has 0 saturated carbocycles. The van der Waals surface area contributed by atoms with Crippen LogP contribution in [0, 0.1) is 6.92 Å². The van der Waals surface area contributed by atoms with E-state index in [1.807, 2.05) is 6.92 Å². The van der Waals surface area contributed by atoms with Crippen molar-refractivity contribution < 1.29 is 13.9 Å². The molecule has 22 heavy (non-hydrogen) atoms. The molecule has 4 nitrogen and oxygen atoms in total. The average Bonchev–Trinajstić information content (AvgIpc) is 2.91. The number of aryl methyl sites for hydroxylation is 1. The maximum atomic E-state index is 12.0. The van der Waals surface area contributed by atoms with Gasteiger partial charge in [-0.2, -0.15) is 0 Å². The lowest BCUT2D eigenvalue weighted by molar-refractivity contribution is 0.0925. The minimum Gasteiger partial charge on any atom is -0.485 e. The van der Waals surface area contributed by atoms with Crippen LogP contribution in [0.1, 0.15) is 15.2 Å². The fourth-order valence-electron chi connectivity index (χ4n) is 2.08. The van der Waals surface area contributed by atoms with Crippen molar-refractivity contribution in [3.05, 3.63) is 61.6 Å². The SMILES string of the molecule is Cc1cc(=O)oc2cc(OCC(=O)c3ccc(Cl)s3)ccc12. The lowest BCUT2D eigenvalue weighted by Gasteiger charge is -2.06. The lowest BCUT2D eigenvalue weighted by atomic mass is 10.1. The van der Waals surface area contributed by atoms with Crippen LogP contribution in [0.25, 0.3) is 11.0 Å². The first-order valence-corrected chi connectivity index (χ1v) is 7.68. The number of hydrogen-bond acceptors (Lipinski definition) is 5. The number of Topliss-reactive ketones (excluding diaryl/α,β-unsaturated/α-hetero) is 1. The van der Waals surface area contributed by atoms with Crippen molar-refractivity contribution in [2.75, 3.05) is 6.61 Å². The fraction of sp³-hybridized carbons (Fsp3) is 0.125. The van der Waals surface area contributed by atoms with Gasteiger partial charge in [-0.25, -0.2) is 4.79 Å². The normalized spacial score (nSPS) is 10.8. The molecule has 3 aromatic rings. The second-order valence-corrected chi connectivity index (χ2v) is 6.44. The number of hydrogen-bond donors (Lipinski definition) is 0. The minimum atomic E-state index is -0.411. The Balaban J connectivity index is 1.79. The third-order valence-corrected chi connectivity index (χ3v) is 4.41. The van der Waals surface area contributed by atoms with Gasteiger partial charge in [-0.15, -0.1) is 11.3 Å². The Hall–Kier alpha value is -2.11. The molecule has 0 radical (unpaired) electrons. The van der Waals surface area contributed by atoms with Gasteiger partial charge in [0, 0.05) is 17.5 Å². The van der Waals surface area contributed by atoms with Crippen LogP contribution >= 0.6 is 22.9 Å². The van der Waals surface area contributed by atoms with Gasteiger partial charge in [0.05, 0.1) is 9.21 Å². The highest BCUT2D eigenvalue weighted by Gasteiger charge is 2.10. The Morgan fingerprint density at radius 3 is 2.82 bits per heavy atom. The van der Waals surface area contributed by atoms with Gasteiger partial charge in [0.25, 0.3) is 0 Å². The van der Waals surface area contributed by atoms with Gasteiger partial charge in [-0.1, -0.05) is 11.6 Å². The number of ether oxygens (including phenoxy) is 1. The van der Waals surface area contributed by atoms with Gasteiger partial charge in [-0.05, 0) is 36.8 Å². The second-order valence-electron chi connectivity index (χ2n) is 4.72. The summed E-state index contributed by atoms with van der Waals surface area (Å²) in [5, 5.41) is 0.836. The zero-order valence-electron chi connectivity index (χ0n) is 11.6. The smallest absolute Gasteiger partial charge is 0.336 e. The number of carbonyl (C=O) groups is 1. The van der Waals surface area contributed by atoms with E-state index >= 15 is 0 Å². The highest BCUT2D eigenvalue weighted by atomic mass is 35.5. The zero-order chi connectivity index (χ0) is 15.7. The quantitative estimate of drug-likeness (QED) is 0.533. The van der Waals surface area contributed by atoms with Crippen molar-refractivity contribution in [3.63, 3.8) is 0 Å². The third-order valence-electron chi connectivity index (χ3n) is 3.14. The first-order chi connectivity index (χ1) is 10.5. The number of fused-ring (bicyclic) bond motifs is 1. The van der Waals surface area contributed by atoms with Crippen LogP contribution in [0.2, 0.25) is 4.34 Å². The summed E-state index contributed by atoms with van der Waals surface area (Å²) >= 11 is 7.01. The van der Waals surface area contributed by atoms with Crippen LogP contribution in [0.5, 0.6) is 5.75 Å². The maximum absolute atomic E-state index is 12.0. The Kier molecular flexibility index (Phi) is 4.00. The van der Waals surface area contributed by atoms with E-state index in [0.717, 1.165) is 10.9 Å². The van der Waals surface area contributed by atoms with Crippen molar-refractivity contribution in [1.29, 1.82) is 0 Å². The van der Waals surface area contributed by atoms with Crippen molar-refractivity contribution in [2.24, 2.45) is 0 Å². The van der Waals surface area contributed by atoms with Crippen LogP contribution < -0.4 is 10.4 Å². The van der Waals surface area contributed by atoms with Gasteiger partial charge < -0.3 is 9.15 Å². The first kappa shape index (κ1) is 14.8. The molecule has 0 amide bonds. The third kappa shape index (κ3) is 3.05. The predicted octanol–water partition coefficient (Wildman–Crippen LogP) is 4.08. The molecule has 0 bridgehead atoms. The molecule has 112 valence electrons. The molecular formula is C16H11ClO4S. The molecule has 0 saturated heterocycles. The Morgan fingerprint density at radius 2 is 2.09 bits per heavy atom. The summed E-state index contributed by atoms with van der Waals surface area (Å²) in [4.78, 5) is 23.9. The molecule has 6 heteroatoms. The van der Waals surface area contributed by atoms with Crippen molar-refractivity contribution >= 4 is 39.7 Å². The van der Waals surface area contributed by atoms with Gasteiger partial charge >= 0.3 is 5.63 Å². The van der Waals surface area contributed by atoms with Gasteiger partial charge in [0.1, 0.15) is 11.3 Å². The van der Waals surface area contributed by atoms with E-state index < -0.39 is 5.63 Å². The molecular weight excluding hydrogens is 324 g/mol. The van der Waals surface area contributed by atoms with E-state index in [1.165, 1.54) is 17.4 Å². The molecule has 0 atom stereocenters. The van der Waals surface area contributed by atoms with E-state index in [0.29, 0.717) is 20.5 Å². The summed E-state index contributed by atoms with van der Waals surface area (Å²) in [6, 6.07) is 9.93. The molecule has 0 fully saturated rings. The lowest BCUT2D eigenvalue weighted by Crippen LogP contribution is -2.10. The van der Waals surface area contributed by atoms with Gasteiger partial charge in [0.2, 0.25) is 5.78 Å². The summed E-state index contributed by atoms with van der Waals surface area (Å²) in [7, 11) is 0. The van der Waals surface area contributed by atoms with Crippen molar-refractivity contribution in [1.82, 2.24) is 0 Å². The highest BCUT2D eigenvalue weighted by Crippen LogP contribution is 2.24. The van der Waals surface area contributed by atoms with Crippen molar-refractivity contribution in [3.8, 4) is 5.75 Å². The predicted molar refractivity (Wildman–Crippen MR) is 86.4 cm³/mol. The summed E-state index contributed by atoms with van der Waals surface area (Å²) in [5.74, 6) is 0.319. The summed E-state index contributed by atoms with van der Waals surface area (Å²) in [6.45, 7) is 1.74. The summed E-state index contributed by atoms with van der Waals surface area (Å²) in [6.07, 6.45) is 0. The van der Waals surface area contributed by atoms with Gasteiger partial charge in [0.15, 0.2) is 6.61 Å². The fourth-order valence-corrected chi connectivity index (χ4v) is 3.05. The minimum absolute atomic E-state index is 0.0988. The average molecular weight is 335 g/mol. The zero-order valence-corrected chi connectivity index (χ0v) is 13.2. The van der Waals surface area contributed by atoms with Crippen molar-refractivity contribution in [2.45, 2.75) is 6.92 Å². The molecule has 0 aliphatic rings. The largest absolute Gasteiger partial charge is 0.485 e. The highest BCUT2D eigenvalue weighted by molar-refractivity contribution is 7.18. The Morgan fingerprint density at radius 1 is 1.27 bits per heavy atom. The maximum Gasteiger partial charge on any atom is 0.336 e. The first-order valence-electron chi connectivity index (χ1n) is 6.49. The van der Waals surface area contributed by atoms with E-state index in [1.54, 1.807) is 30.3 Å². The van der Waals surface area contributed by atoms with Crippen LogP contribution in [0.4, 0.5) is 0 Å². The number of thiophene rings is 1. The van der Waals surface area contributed by atoms with Gasteiger partial charge in [-0.3, -0.25) is 4.79 Å². The number of benzene rings is 1. The standard InChI is InChI=1S/C16H11ClO4S/c1-9-6-16(19)21-13-7-10(2-3-11(9)13)20-8-12(18)14-4-5-15(17)22-14/h2-7H,8H2,1H3. The molecule has 0 aliphatic heterocycles. The number of halogens is 1. The molecule has 1 aromatic carbocycles. The number of carbonyl (C=O) groups excluding carboxylic acids is 1. The van der Waals surface area contributed by atoms with Crippen LogP contribution in [0.15, 0.2) is 45.6 Å². The number of rotatable bonds is 4. The topological polar surface area (TPSA) is 56.5 Å². The van der Waals surface area contributed by atoms with E-state index in [4.69, 9.17) is 20.8 Å². The second kappa shape index (κ2) is 5.94. The van der Waals surface area contributed by atoms with E-state index in [2.05, 4.69) is 0 Å². The summed E-state index contributed by atoms with van der Waals surface area (Å²) in [5.41, 5.74) is 0.864. The van der Waals surface area contributed by atoms with Crippen LogP contribution in [0.3, 0.4) is 0 Å². The van der Waals surface area contributed by atoms with Crippen LogP contribution in [-0.2, 0) is 0 Å². The molecule has 2 aromatic heterocycles. The van der Waals surface area contributed by atoms with E-state index in [9.17, 15) is 9.59 Å².